The summed E-state index contributed by atoms with van der Waals surface area (Å²) < 4.78 is 18.9. The Bertz CT molecular complexity index is 897. The van der Waals surface area contributed by atoms with E-state index in [-0.39, 0.29) is 18.4 Å². The first-order chi connectivity index (χ1) is 12.9. The number of halogens is 1. The Hall–Kier alpha value is -3.09. The molecule has 27 heavy (non-hydrogen) atoms. The Morgan fingerprint density at radius 2 is 2.19 bits per heavy atom. The van der Waals surface area contributed by atoms with Crippen LogP contribution in [0.25, 0.3) is 0 Å². The van der Waals surface area contributed by atoms with E-state index in [1.165, 1.54) is 12.1 Å². The Morgan fingerprint density at radius 3 is 2.81 bits per heavy atom. The summed E-state index contributed by atoms with van der Waals surface area (Å²) in [6, 6.07) is 2.66. The van der Waals surface area contributed by atoms with E-state index in [1.807, 2.05) is 13.8 Å². The first-order valence-electron chi connectivity index (χ1n) is 8.53. The monoisotopic (exact) mass is 368 g/mol. The highest BCUT2D eigenvalue weighted by Crippen LogP contribution is 2.58. The number of rotatable bonds is 7. The van der Waals surface area contributed by atoms with Gasteiger partial charge in [0.25, 0.3) is 0 Å². The highest BCUT2D eigenvalue weighted by atomic mass is 19.1. The maximum atomic E-state index is 13.0. The van der Waals surface area contributed by atoms with E-state index in [0.717, 1.165) is 17.5 Å². The van der Waals surface area contributed by atoms with Gasteiger partial charge in [0, 0.05) is 5.41 Å². The molecule has 2 atom stereocenters. The number of carbonyl (C=O) groups excluding carboxylic acids is 1. The number of ether oxygens (including phenoxy) is 1. The zero-order valence-corrected chi connectivity index (χ0v) is 15.3. The number of pyridine rings is 1. The number of hydrogen-bond donors (Lipinski definition) is 1. The van der Waals surface area contributed by atoms with Crippen molar-refractivity contribution in [3.8, 4) is 5.75 Å². The van der Waals surface area contributed by atoms with E-state index in [2.05, 4.69) is 33.4 Å². The van der Waals surface area contributed by atoms with Gasteiger partial charge in [0.15, 0.2) is 5.75 Å². The molecule has 2 aromatic heterocycles. The predicted molar refractivity (Wildman–Crippen MR) is 99.7 cm³/mol. The number of allylic oxidation sites excluding steroid dienone is 1. The maximum Gasteiger partial charge on any atom is 0.229 e. The first kappa shape index (κ1) is 18.7. The number of hydrogen-bond acceptors (Lipinski definition) is 5. The summed E-state index contributed by atoms with van der Waals surface area (Å²) in [5.74, 6) is 0.538. The molecule has 1 amide bonds. The van der Waals surface area contributed by atoms with Crippen LogP contribution in [0.3, 0.4) is 0 Å². The molecular formula is C20H21FN4O2. The minimum absolute atomic E-state index is 0.211. The molecule has 6 nitrogen and oxygen atoms in total. The molecule has 2 heterocycles. The summed E-state index contributed by atoms with van der Waals surface area (Å²) in [5.41, 5.74) is 0.933. The van der Waals surface area contributed by atoms with Crippen LogP contribution in [0.4, 0.5) is 10.2 Å². The third-order valence-corrected chi connectivity index (χ3v) is 4.80. The van der Waals surface area contributed by atoms with Crippen LogP contribution in [0, 0.1) is 31.0 Å². The van der Waals surface area contributed by atoms with Crippen LogP contribution in [0.1, 0.15) is 17.9 Å². The molecule has 2 aromatic rings. The van der Waals surface area contributed by atoms with Crippen LogP contribution in [-0.2, 0) is 4.79 Å². The fraction of sp³-hybridized carbons (Fsp3) is 0.300. The molecule has 1 N–H and O–H groups in total. The molecule has 7 heteroatoms. The van der Waals surface area contributed by atoms with Crippen molar-refractivity contribution in [2.45, 2.75) is 20.3 Å². The van der Waals surface area contributed by atoms with Gasteiger partial charge in [-0.15, -0.1) is 0 Å². The molecule has 1 aliphatic carbocycles. The smallest absolute Gasteiger partial charge is 0.229 e. The second-order valence-corrected chi connectivity index (χ2v) is 6.65. The van der Waals surface area contributed by atoms with Crippen molar-refractivity contribution < 1.29 is 13.9 Å². The van der Waals surface area contributed by atoms with Gasteiger partial charge >= 0.3 is 0 Å². The molecule has 0 unspecified atom stereocenters. The van der Waals surface area contributed by atoms with Gasteiger partial charge in [0.1, 0.15) is 17.5 Å². The van der Waals surface area contributed by atoms with Crippen molar-refractivity contribution in [2.75, 3.05) is 11.9 Å². The second kappa shape index (κ2) is 7.26. The van der Waals surface area contributed by atoms with Crippen LogP contribution in [0.15, 0.2) is 49.3 Å². The summed E-state index contributed by atoms with van der Waals surface area (Å²) in [6.45, 7) is 11.7. The van der Waals surface area contributed by atoms with E-state index in [0.29, 0.717) is 23.8 Å². The van der Waals surface area contributed by atoms with Crippen molar-refractivity contribution in [1.29, 1.82) is 0 Å². The lowest BCUT2D eigenvalue weighted by Gasteiger charge is -2.19. The van der Waals surface area contributed by atoms with E-state index in [4.69, 9.17) is 4.74 Å². The second-order valence-electron chi connectivity index (χ2n) is 6.65. The summed E-state index contributed by atoms with van der Waals surface area (Å²) in [6.07, 6.45) is 4.91. The van der Waals surface area contributed by atoms with Gasteiger partial charge in [-0.2, -0.15) is 0 Å². The highest BCUT2D eigenvalue weighted by molar-refractivity contribution is 5.95. The lowest BCUT2D eigenvalue weighted by atomic mass is 9.94. The minimum atomic E-state index is -0.539. The summed E-state index contributed by atoms with van der Waals surface area (Å²) in [7, 11) is 0. The molecule has 0 aromatic carbocycles. The van der Waals surface area contributed by atoms with Gasteiger partial charge in [-0.05, 0) is 38.0 Å². The lowest BCUT2D eigenvalue weighted by molar-refractivity contribution is -0.118. The van der Waals surface area contributed by atoms with Crippen LogP contribution in [0.5, 0.6) is 5.75 Å². The van der Waals surface area contributed by atoms with Gasteiger partial charge in [-0.1, -0.05) is 19.2 Å². The predicted octanol–water partition coefficient (Wildman–Crippen LogP) is 3.39. The van der Waals surface area contributed by atoms with Crippen molar-refractivity contribution in [2.24, 2.45) is 11.3 Å². The Balaban J connectivity index is 1.71. The third-order valence-electron chi connectivity index (χ3n) is 4.80. The van der Waals surface area contributed by atoms with Gasteiger partial charge in [-0.3, -0.25) is 4.79 Å². The van der Waals surface area contributed by atoms with Gasteiger partial charge in [0.05, 0.1) is 30.6 Å². The standard InChI is InChI=1S/C20H21FN4O2/c1-5-12(2)20(11-27-17-10-22-14(4)24-13(17)3)8-16(20)19(26)25-18-7-6-15(21)9-23-18/h5-7,9-10,16H,1-2,8,11H2,3-4H3,(H,23,25,26)/t16-,20+/m0/s1. The molecular weight excluding hydrogens is 347 g/mol. The zero-order valence-electron chi connectivity index (χ0n) is 15.3. The summed E-state index contributed by atoms with van der Waals surface area (Å²) in [5, 5.41) is 2.71. The first-order valence-corrected chi connectivity index (χ1v) is 8.53. The average Bonchev–Trinajstić information content (AvgIpc) is 3.38. The Kier molecular flexibility index (Phi) is 5.03. The molecule has 140 valence electrons. The van der Waals surface area contributed by atoms with E-state index in [1.54, 1.807) is 12.3 Å². The van der Waals surface area contributed by atoms with Crippen molar-refractivity contribution in [1.82, 2.24) is 15.0 Å². The SMILES string of the molecule is C=CC(=C)[C@]1(COc2cnc(C)nc2C)C[C@H]1C(=O)Nc1ccc(F)cn1. The third kappa shape index (κ3) is 3.86. The number of nitrogens with one attached hydrogen (secondary N) is 1. The quantitative estimate of drug-likeness (QED) is 0.758. The van der Waals surface area contributed by atoms with Crippen molar-refractivity contribution in [3.05, 3.63) is 66.7 Å². The normalized spacial score (nSPS) is 20.6. The zero-order chi connectivity index (χ0) is 19.6. The highest BCUT2D eigenvalue weighted by Gasteiger charge is 2.60. The van der Waals surface area contributed by atoms with Crippen molar-refractivity contribution >= 4 is 11.7 Å². The number of anilines is 1. The maximum absolute atomic E-state index is 13.0. The van der Waals surface area contributed by atoms with Crippen LogP contribution >= 0.6 is 0 Å². The molecule has 1 saturated carbocycles. The largest absolute Gasteiger partial charge is 0.489 e. The minimum Gasteiger partial charge on any atom is -0.489 e. The molecule has 0 aliphatic heterocycles. The Morgan fingerprint density at radius 1 is 1.41 bits per heavy atom. The number of aryl methyl sites for hydroxylation is 2. The number of nitrogens with zero attached hydrogens (tertiary/aromatic N) is 3. The van der Waals surface area contributed by atoms with E-state index < -0.39 is 11.2 Å². The lowest BCUT2D eigenvalue weighted by Crippen LogP contribution is -2.24. The molecule has 0 saturated heterocycles. The van der Waals surface area contributed by atoms with Crippen molar-refractivity contribution in [3.63, 3.8) is 0 Å². The molecule has 0 bridgehead atoms. The average molecular weight is 368 g/mol. The molecule has 1 aliphatic rings. The molecule has 1 fully saturated rings. The number of carbonyl (C=O) groups is 1. The Labute approximate surface area is 157 Å². The summed E-state index contributed by atoms with van der Waals surface area (Å²) in [4.78, 5) is 24.9. The van der Waals surface area contributed by atoms with Gasteiger partial charge in [-0.25, -0.2) is 19.3 Å². The fourth-order valence-electron chi connectivity index (χ4n) is 3.04. The molecule has 0 spiro atoms. The van der Waals surface area contributed by atoms with E-state index in [9.17, 15) is 9.18 Å². The van der Waals surface area contributed by atoms with Crippen LogP contribution in [-0.4, -0.2) is 27.5 Å². The van der Waals surface area contributed by atoms with Crippen LogP contribution in [0.2, 0.25) is 0 Å². The number of amides is 1. The van der Waals surface area contributed by atoms with Crippen LogP contribution < -0.4 is 10.1 Å². The molecule has 0 radical (unpaired) electrons. The fourth-order valence-corrected chi connectivity index (χ4v) is 3.04. The number of aromatic nitrogens is 3. The summed E-state index contributed by atoms with van der Waals surface area (Å²) >= 11 is 0. The molecule has 3 rings (SSSR count). The topological polar surface area (TPSA) is 77.0 Å². The van der Waals surface area contributed by atoms with Gasteiger partial charge < -0.3 is 10.1 Å². The van der Waals surface area contributed by atoms with Gasteiger partial charge in [0.2, 0.25) is 5.91 Å². The van der Waals surface area contributed by atoms with E-state index >= 15 is 0 Å².